The molecule has 6 rings (SSSR count). The van der Waals surface area contributed by atoms with Crippen molar-refractivity contribution in [3.05, 3.63) is 69.1 Å². The first-order chi connectivity index (χ1) is 23.5. The van der Waals surface area contributed by atoms with Crippen LogP contribution >= 0.6 is 11.6 Å². The minimum atomic E-state index is -4.76. The van der Waals surface area contributed by atoms with Crippen LogP contribution in [-0.2, 0) is 22.1 Å². The van der Waals surface area contributed by atoms with Crippen molar-refractivity contribution in [3.8, 4) is 11.4 Å². The Morgan fingerprint density at radius 2 is 1.59 bits per heavy atom. The van der Waals surface area contributed by atoms with E-state index in [1.54, 1.807) is 4.90 Å². The highest BCUT2D eigenvalue weighted by Gasteiger charge is 2.38. The summed E-state index contributed by atoms with van der Waals surface area (Å²) in [7, 11) is 0. The quantitative estimate of drug-likeness (QED) is 0.291. The van der Waals surface area contributed by atoms with Crippen LogP contribution in [0.5, 0.6) is 0 Å². The van der Waals surface area contributed by atoms with Crippen LogP contribution in [-0.4, -0.2) is 81.9 Å². The molecular weight excluding hydrogens is 663 g/mol. The number of ether oxygens (including phenoxy) is 1. The highest BCUT2D eigenvalue weighted by atomic mass is 35.5. The third-order valence-corrected chi connectivity index (χ3v) is 10.4. The molecule has 2 aromatic carbocycles. The number of likely N-dealkylation sites (tertiary alicyclic amines) is 2. The number of alkyl halides is 3. The zero-order valence-corrected chi connectivity index (χ0v) is 27.8. The molecule has 0 spiro atoms. The average Bonchev–Trinajstić information content (AvgIpc) is 3.51. The van der Waals surface area contributed by atoms with Crippen LogP contribution in [0.2, 0.25) is 5.02 Å². The van der Waals surface area contributed by atoms with Gasteiger partial charge in [0, 0.05) is 38.2 Å². The number of nitrogens with zero attached hydrogens (tertiary/aromatic N) is 4. The number of amides is 2. The molecule has 0 radical (unpaired) electrons. The fourth-order valence-corrected chi connectivity index (χ4v) is 7.57. The molecular formula is C34H41ClF3N7O4. The van der Waals surface area contributed by atoms with Crippen LogP contribution < -0.4 is 16.7 Å². The first-order valence-electron chi connectivity index (χ1n) is 16.8. The maximum atomic E-state index is 13.9. The number of hydrogen-bond donors (Lipinski definition) is 3. The lowest BCUT2D eigenvalue weighted by atomic mass is 9.79. The Balaban J connectivity index is 1.14. The van der Waals surface area contributed by atoms with E-state index in [-0.39, 0.29) is 41.8 Å². The molecule has 3 aliphatic heterocycles. The Morgan fingerprint density at radius 3 is 2.24 bits per heavy atom. The summed E-state index contributed by atoms with van der Waals surface area (Å²) < 4.78 is 48.5. The number of carbonyl (C=O) groups is 2. The number of aromatic amines is 1. The second-order valence-electron chi connectivity index (χ2n) is 13.2. The minimum absolute atomic E-state index is 0.0769. The number of piperidine rings is 3. The summed E-state index contributed by atoms with van der Waals surface area (Å²) in [4.78, 5) is 46.0. The average molecular weight is 704 g/mol. The van der Waals surface area contributed by atoms with Crippen LogP contribution in [0, 0.1) is 11.8 Å². The van der Waals surface area contributed by atoms with Gasteiger partial charge in [0.1, 0.15) is 0 Å². The Morgan fingerprint density at radius 1 is 0.959 bits per heavy atom. The molecule has 1 aromatic heterocycles. The second kappa shape index (κ2) is 14.8. The van der Waals surface area contributed by atoms with E-state index in [9.17, 15) is 27.6 Å². The number of nitrogens with two attached hydrogens (primary N) is 1. The van der Waals surface area contributed by atoms with Gasteiger partial charge in [-0.05, 0) is 81.1 Å². The maximum Gasteiger partial charge on any atom is 0.418 e. The van der Waals surface area contributed by atoms with Gasteiger partial charge in [-0.1, -0.05) is 41.9 Å². The molecule has 4 heterocycles. The van der Waals surface area contributed by atoms with Crippen molar-refractivity contribution in [1.82, 2.24) is 29.9 Å². The molecule has 2 amide bonds. The first kappa shape index (κ1) is 34.8. The molecule has 49 heavy (non-hydrogen) atoms. The van der Waals surface area contributed by atoms with E-state index in [1.165, 1.54) is 15.6 Å². The lowest BCUT2D eigenvalue weighted by Crippen LogP contribution is -2.49. The summed E-state index contributed by atoms with van der Waals surface area (Å²) in [5, 5.41) is 7.56. The summed E-state index contributed by atoms with van der Waals surface area (Å²) in [5.41, 5.74) is 4.43. The Hall–Kier alpha value is -4.04. The van der Waals surface area contributed by atoms with E-state index in [0.29, 0.717) is 43.6 Å². The van der Waals surface area contributed by atoms with Crippen molar-refractivity contribution in [2.75, 3.05) is 45.0 Å². The normalized spacial score (nSPS) is 19.2. The predicted molar refractivity (Wildman–Crippen MR) is 178 cm³/mol. The highest BCUT2D eigenvalue weighted by Crippen LogP contribution is 2.38. The summed E-state index contributed by atoms with van der Waals surface area (Å²) in [6, 6.07) is 11.1. The topological polar surface area (TPSA) is 139 Å². The number of nitrogens with one attached hydrogen (secondary N) is 2. The van der Waals surface area contributed by atoms with Gasteiger partial charge >= 0.3 is 18.0 Å². The van der Waals surface area contributed by atoms with E-state index in [1.807, 2.05) is 30.3 Å². The monoisotopic (exact) mass is 703 g/mol. The van der Waals surface area contributed by atoms with Crippen LogP contribution in [0.25, 0.3) is 11.4 Å². The van der Waals surface area contributed by atoms with E-state index >= 15 is 0 Å². The third-order valence-electron chi connectivity index (χ3n) is 10.1. The number of benzene rings is 2. The van der Waals surface area contributed by atoms with E-state index < -0.39 is 35.5 Å². The fourth-order valence-electron chi connectivity index (χ4n) is 7.33. The summed E-state index contributed by atoms with van der Waals surface area (Å²) in [6.45, 7) is 3.39. The molecule has 0 unspecified atom stereocenters. The second-order valence-corrected chi connectivity index (χ2v) is 13.6. The number of aromatic nitrogens is 3. The van der Waals surface area contributed by atoms with Crippen molar-refractivity contribution in [2.24, 2.45) is 11.8 Å². The molecule has 15 heteroatoms. The SMILES string of the molecule is Nc1c(Cl)cc(C[C@@H](OC(=O)N2CCC(n3nc(-c4ccccc4)[nH]c3=O)CC2)C(=O)N2CCC(C3CCNCC3)CC2)cc1C(F)(F)F. The molecule has 0 saturated carbocycles. The van der Waals surface area contributed by atoms with Gasteiger partial charge in [-0.25, -0.2) is 14.3 Å². The minimum Gasteiger partial charge on any atom is -0.436 e. The standard InChI is InChI=1S/C34H41ClF3N7O4/c35-27-19-21(18-26(29(27)39)34(36,37)38)20-28(31(46)43-14-8-23(9-15-43)22-6-12-40-13-7-22)49-33(48)44-16-10-25(11-17-44)45-32(47)41-30(42-45)24-4-2-1-3-5-24/h1-5,18-19,22-23,25,28,40H,6-17,20,39H2,(H,41,42,47)/t28-/m1/s1. The largest absolute Gasteiger partial charge is 0.436 e. The number of rotatable bonds is 7. The van der Waals surface area contributed by atoms with Gasteiger partial charge in [-0.15, -0.1) is 5.10 Å². The molecule has 3 aliphatic rings. The van der Waals surface area contributed by atoms with Crippen LogP contribution in [0.1, 0.15) is 55.7 Å². The zero-order valence-electron chi connectivity index (χ0n) is 27.1. The molecule has 11 nitrogen and oxygen atoms in total. The van der Waals surface area contributed by atoms with Crippen molar-refractivity contribution in [1.29, 1.82) is 0 Å². The lowest BCUT2D eigenvalue weighted by Gasteiger charge is -2.39. The van der Waals surface area contributed by atoms with Crippen LogP contribution in [0.15, 0.2) is 47.3 Å². The third kappa shape index (κ3) is 8.07. The number of carbonyl (C=O) groups excluding carboxylic acids is 2. The van der Waals surface area contributed by atoms with Gasteiger partial charge in [0.15, 0.2) is 11.9 Å². The van der Waals surface area contributed by atoms with Gasteiger partial charge in [0.2, 0.25) is 0 Å². The molecule has 1 atom stereocenters. The van der Waals surface area contributed by atoms with Gasteiger partial charge in [0.05, 0.1) is 22.3 Å². The molecule has 3 aromatic rings. The summed E-state index contributed by atoms with van der Waals surface area (Å²) in [5.74, 6) is 1.08. The lowest BCUT2D eigenvalue weighted by molar-refractivity contribution is -0.142. The fraction of sp³-hybridized carbons (Fsp3) is 0.529. The van der Waals surface area contributed by atoms with Crippen molar-refractivity contribution < 1.29 is 27.5 Å². The maximum absolute atomic E-state index is 13.9. The predicted octanol–water partition coefficient (Wildman–Crippen LogP) is 5.12. The van der Waals surface area contributed by atoms with Gasteiger partial charge in [-0.2, -0.15) is 13.2 Å². The number of H-pyrrole nitrogens is 1. The number of nitrogen functional groups attached to an aromatic ring is 1. The van der Waals surface area contributed by atoms with E-state index in [0.717, 1.165) is 50.4 Å². The van der Waals surface area contributed by atoms with Crippen LogP contribution in [0.3, 0.4) is 0 Å². The summed E-state index contributed by atoms with van der Waals surface area (Å²) >= 11 is 6.09. The first-order valence-corrected chi connectivity index (χ1v) is 17.2. The molecule has 264 valence electrons. The van der Waals surface area contributed by atoms with Crippen molar-refractivity contribution >= 4 is 29.3 Å². The number of anilines is 1. The Kier molecular flexibility index (Phi) is 10.5. The van der Waals surface area contributed by atoms with Gasteiger partial charge < -0.3 is 25.6 Å². The zero-order chi connectivity index (χ0) is 34.7. The van der Waals surface area contributed by atoms with Crippen molar-refractivity contribution in [3.63, 3.8) is 0 Å². The number of halogens is 4. The van der Waals surface area contributed by atoms with E-state index in [4.69, 9.17) is 22.1 Å². The van der Waals surface area contributed by atoms with E-state index in [2.05, 4.69) is 15.4 Å². The Bertz CT molecular complexity index is 1680. The highest BCUT2D eigenvalue weighted by molar-refractivity contribution is 6.33. The Labute approximate surface area is 286 Å². The molecule has 3 fully saturated rings. The number of hydrogen-bond acceptors (Lipinski definition) is 7. The molecule has 0 aliphatic carbocycles. The summed E-state index contributed by atoms with van der Waals surface area (Å²) in [6.07, 6.45) is -2.54. The van der Waals surface area contributed by atoms with Crippen molar-refractivity contribution in [2.45, 2.75) is 63.3 Å². The van der Waals surface area contributed by atoms with Gasteiger partial charge in [0.25, 0.3) is 5.91 Å². The van der Waals surface area contributed by atoms with Gasteiger partial charge in [-0.3, -0.25) is 9.78 Å². The molecule has 0 bridgehead atoms. The van der Waals surface area contributed by atoms with Crippen LogP contribution in [0.4, 0.5) is 23.7 Å². The smallest absolute Gasteiger partial charge is 0.418 e. The molecule has 3 saturated heterocycles. The molecule has 4 N–H and O–H groups in total.